The highest BCUT2D eigenvalue weighted by Gasteiger charge is 2.32. The second-order valence-electron chi connectivity index (χ2n) is 6.50. The summed E-state index contributed by atoms with van der Waals surface area (Å²) in [5.74, 6) is -0.433. The lowest BCUT2D eigenvalue weighted by atomic mass is 10.1. The molecule has 8 heteroatoms. The van der Waals surface area contributed by atoms with Crippen LogP contribution in [0.4, 0.5) is 0 Å². The molecule has 0 bridgehead atoms. The number of amides is 1. The predicted octanol–water partition coefficient (Wildman–Crippen LogP) is 3.55. The van der Waals surface area contributed by atoms with E-state index in [4.69, 9.17) is 9.05 Å². The molecule has 1 amide bonds. The van der Waals surface area contributed by atoms with Crippen molar-refractivity contribution < 1.29 is 23.2 Å². The number of nitrogens with zero attached hydrogens (tertiary/aromatic N) is 1. The predicted molar refractivity (Wildman–Crippen MR) is 106 cm³/mol. The van der Waals surface area contributed by atoms with Crippen LogP contribution < -0.4 is 5.32 Å². The molecule has 3 rings (SSSR count). The van der Waals surface area contributed by atoms with Crippen molar-refractivity contribution in [2.45, 2.75) is 32.9 Å². The van der Waals surface area contributed by atoms with Gasteiger partial charge in [-0.1, -0.05) is 30.3 Å². The SMILES string of the molecule is CCOP(=O)(CC(=O)NC1CCn2c(C(=O)c3ccccc3)ccc21)OCC. The van der Waals surface area contributed by atoms with Crippen molar-refractivity contribution in [3.63, 3.8) is 0 Å². The van der Waals surface area contributed by atoms with Crippen LogP contribution in [0.2, 0.25) is 0 Å². The number of carbonyl (C=O) groups is 2. The standard InChI is InChI=1S/C20H25N2O5P/c1-3-26-28(25,27-4-2)14-19(23)21-16-12-13-22-17(16)10-11-18(22)20(24)15-8-6-5-7-9-15/h5-11,16H,3-4,12-14H2,1-2H3,(H,21,23). The number of aromatic nitrogens is 1. The maximum absolute atomic E-state index is 12.7. The first kappa shape index (κ1) is 20.5. The highest BCUT2D eigenvalue weighted by atomic mass is 31.2. The maximum Gasteiger partial charge on any atom is 0.340 e. The average molecular weight is 404 g/mol. The van der Waals surface area contributed by atoms with Crippen LogP contribution in [0.3, 0.4) is 0 Å². The monoisotopic (exact) mass is 404 g/mol. The quantitative estimate of drug-likeness (QED) is 0.510. The molecule has 0 radical (unpaired) electrons. The molecule has 1 aliphatic heterocycles. The number of ketones is 1. The van der Waals surface area contributed by atoms with Crippen molar-refractivity contribution in [1.29, 1.82) is 0 Å². The van der Waals surface area contributed by atoms with Crippen LogP contribution in [-0.4, -0.2) is 35.6 Å². The van der Waals surface area contributed by atoms with Gasteiger partial charge in [0.25, 0.3) is 0 Å². The Morgan fingerprint density at radius 2 is 1.79 bits per heavy atom. The Bertz CT molecular complexity index is 883. The van der Waals surface area contributed by atoms with Crippen molar-refractivity contribution in [1.82, 2.24) is 9.88 Å². The van der Waals surface area contributed by atoms with Crippen molar-refractivity contribution in [3.05, 3.63) is 59.4 Å². The summed E-state index contributed by atoms with van der Waals surface area (Å²) in [6, 6.07) is 12.5. The first-order chi connectivity index (χ1) is 13.5. The minimum absolute atomic E-state index is 0.0454. The van der Waals surface area contributed by atoms with Gasteiger partial charge in [-0.2, -0.15) is 0 Å². The first-order valence-corrected chi connectivity index (χ1v) is 11.2. The fourth-order valence-corrected chi connectivity index (χ4v) is 4.95. The third-order valence-corrected chi connectivity index (χ3v) is 6.58. The zero-order chi connectivity index (χ0) is 20.1. The lowest BCUT2D eigenvalue weighted by Gasteiger charge is -2.18. The molecule has 150 valence electrons. The maximum atomic E-state index is 12.7. The van der Waals surface area contributed by atoms with E-state index in [2.05, 4.69) is 5.32 Å². The van der Waals surface area contributed by atoms with E-state index in [1.54, 1.807) is 32.0 Å². The van der Waals surface area contributed by atoms with Gasteiger partial charge in [0.05, 0.1) is 24.9 Å². The highest BCUT2D eigenvalue weighted by molar-refractivity contribution is 7.54. The topological polar surface area (TPSA) is 86.6 Å². The summed E-state index contributed by atoms with van der Waals surface area (Å²) in [7, 11) is -3.44. The van der Waals surface area contributed by atoms with Crippen LogP contribution in [0.1, 0.15) is 48.1 Å². The number of fused-ring (bicyclic) bond motifs is 1. The van der Waals surface area contributed by atoms with Crippen LogP contribution in [0.25, 0.3) is 0 Å². The molecule has 1 aromatic heterocycles. The van der Waals surface area contributed by atoms with Crippen LogP contribution in [0.15, 0.2) is 42.5 Å². The summed E-state index contributed by atoms with van der Waals surface area (Å²) in [5.41, 5.74) is 2.10. The van der Waals surface area contributed by atoms with E-state index >= 15 is 0 Å². The molecule has 0 saturated heterocycles. The smallest absolute Gasteiger partial charge is 0.340 e. The van der Waals surface area contributed by atoms with Crippen molar-refractivity contribution in [2.75, 3.05) is 19.4 Å². The van der Waals surface area contributed by atoms with Crippen LogP contribution >= 0.6 is 7.60 Å². The molecular formula is C20H25N2O5P. The lowest BCUT2D eigenvalue weighted by Crippen LogP contribution is -2.30. The molecule has 0 saturated carbocycles. The van der Waals surface area contributed by atoms with Gasteiger partial charge >= 0.3 is 7.60 Å². The van der Waals surface area contributed by atoms with Crippen molar-refractivity contribution in [3.8, 4) is 0 Å². The van der Waals surface area contributed by atoms with E-state index in [1.165, 1.54) is 0 Å². The molecule has 2 aromatic rings. The fourth-order valence-electron chi connectivity index (χ4n) is 3.46. The molecule has 7 nitrogen and oxygen atoms in total. The van der Waals surface area contributed by atoms with Crippen molar-refractivity contribution >= 4 is 19.3 Å². The van der Waals surface area contributed by atoms with Gasteiger partial charge in [-0.25, -0.2) is 0 Å². The van der Waals surface area contributed by atoms with E-state index in [1.807, 2.05) is 28.8 Å². The van der Waals surface area contributed by atoms with Gasteiger partial charge in [-0.05, 0) is 32.4 Å². The molecule has 0 aliphatic carbocycles. The minimum Gasteiger partial charge on any atom is -0.347 e. The van der Waals surface area contributed by atoms with Gasteiger partial charge in [0.1, 0.15) is 6.16 Å². The van der Waals surface area contributed by atoms with E-state index in [0.29, 0.717) is 24.2 Å². The number of hydrogen-bond acceptors (Lipinski definition) is 5. The molecule has 1 N–H and O–H groups in total. The summed E-state index contributed by atoms with van der Waals surface area (Å²) in [6.45, 7) is 4.47. The zero-order valence-corrected chi connectivity index (χ0v) is 17.0. The van der Waals surface area contributed by atoms with E-state index in [9.17, 15) is 14.2 Å². The zero-order valence-electron chi connectivity index (χ0n) is 16.1. The normalized spacial score (nSPS) is 16.0. The number of rotatable bonds is 9. The molecule has 0 fully saturated rings. The van der Waals surface area contributed by atoms with Gasteiger partial charge < -0.3 is 18.9 Å². The Morgan fingerprint density at radius 1 is 1.11 bits per heavy atom. The molecule has 1 aromatic carbocycles. The van der Waals surface area contributed by atoms with Crippen LogP contribution in [0.5, 0.6) is 0 Å². The second kappa shape index (κ2) is 8.86. The summed E-state index contributed by atoms with van der Waals surface area (Å²) in [5, 5.41) is 2.90. The van der Waals surface area contributed by atoms with E-state index in [0.717, 1.165) is 5.69 Å². The van der Waals surface area contributed by atoms with Crippen LogP contribution in [0, 0.1) is 0 Å². The van der Waals surface area contributed by atoms with Gasteiger partial charge in [0.2, 0.25) is 11.7 Å². The van der Waals surface area contributed by atoms with Crippen LogP contribution in [-0.2, 0) is 25.0 Å². The fraction of sp³-hybridized carbons (Fsp3) is 0.400. The highest BCUT2D eigenvalue weighted by Crippen LogP contribution is 2.47. The third-order valence-electron chi connectivity index (χ3n) is 4.61. The molecule has 1 atom stereocenters. The van der Waals surface area contributed by atoms with Gasteiger partial charge in [0, 0.05) is 17.8 Å². The first-order valence-electron chi connectivity index (χ1n) is 9.44. The average Bonchev–Trinajstić information content (AvgIpc) is 3.25. The Kier molecular flexibility index (Phi) is 6.50. The van der Waals surface area contributed by atoms with E-state index in [-0.39, 0.29) is 37.1 Å². The number of carbonyl (C=O) groups excluding carboxylic acids is 2. The summed E-state index contributed by atoms with van der Waals surface area (Å²) in [6.07, 6.45) is 0.353. The van der Waals surface area contributed by atoms with Gasteiger partial charge in [-0.15, -0.1) is 0 Å². The van der Waals surface area contributed by atoms with Gasteiger partial charge in [-0.3, -0.25) is 14.2 Å². The van der Waals surface area contributed by atoms with Crippen molar-refractivity contribution in [2.24, 2.45) is 0 Å². The Morgan fingerprint density at radius 3 is 2.43 bits per heavy atom. The minimum atomic E-state index is -3.44. The third kappa shape index (κ3) is 4.43. The largest absolute Gasteiger partial charge is 0.347 e. The van der Waals surface area contributed by atoms with Gasteiger partial charge in [0.15, 0.2) is 0 Å². The Balaban J connectivity index is 1.70. The second-order valence-corrected chi connectivity index (χ2v) is 8.56. The molecule has 0 spiro atoms. The molecule has 28 heavy (non-hydrogen) atoms. The summed E-state index contributed by atoms with van der Waals surface area (Å²) < 4.78 is 24.8. The lowest BCUT2D eigenvalue weighted by molar-refractivity contribution is -0.119. The molecule has 1 aliphatic rings. The molecule has 2 heterocycles. The number of hydrogen-bond donors (Lipinski definition) is 1. The number of nitrogens with one attached hydrogen (secondary N) is 1. The summed E-state index contributed by atoms with van der Waals surface area (Å²) >= 11 is 0. The molecule has 1 unspecified atom stereocenters. The number of benzene rings is 1. The Labute approximate surface area is 164 Å². The Hall–Kier alpha value is -2.21. The van der Waals surface area contributed by atoms with E-state index < -0.39 is 7.60 Å². The summed E-state index contributed by atoms with van der Waals surface area (Å²) in [4.78, 5) is 25.2. The molecular weight excluding hydrogens is 379 g/mol.